The van der Waals surface area contributed by atoms with Crippen LogP contribution in [0.3, 0.4) is 0 Å². The zero-order chi connectivity index (χ0) is 10.6. The van der Waals surface area contributed by atoms with Gasteiger partial charge in [-0.15, -0.1) is 0 Å². The maximum Gasteiger partial charge on any atom is 0.162 e. The highest BCUT2D eigenvalue weighted by Crippen LogP contribution is 2.14. The molecule has 0 aliphatic carbocycles. The fraction of sp³-hybridized carbons (Fsp3) is 0.333. The molecule has 2 heteroatoms. The molecule has 2 nitrogen and oxygen atoms in total. The first-order valence-electron chi connectivity index (χ1n) is 4.79. The third-order valence-electron chi connectivity index (χ3n) is 2.24. The van der Waals surface area contributed by atoms with Crippen LogP contribution in [0.25, 0.3) is 0 Å². The lowest BCUT2D eigenvalue weighted by molar-refractivity contribution is 0.0987. The minimum atomic E-state index is 0.145. The smallest absolute Gasteiger partial charge is 0.162 e. The summed E-state index contributed by atoms with van der Waals surface area (Å²) in [5.41, 5.74) is 2.35. The number of nitrogens with zero attached hydrogens (tertiary/aromatic N) is 1. The molecule has 0 unspecified atom stereocenters. The van der Waals surface area contributed by atoms with Crippen molar-refractivity contribution in [1.82, 2.24) is 0 Å². The van der Waals surface area contributed by atoms with Crippen molar-refractivity contribution in [3.63, 3.8) is 0 Å². The fourth-order valence-corrected chi connectivity index (χ4v) is 1.42. The van der Waals surface area contributed by atoms with Crippen molar-refractivity contribution >= 4 is 5.78 Å². The number of ketones is 1. The molecule has 0 saturated heterocycles. The quantitative estimate of drug-likeness (QED) is 0.682. The van der Waals surface area contributed by atoms with Gasteiger partial charge in [0.05, 0.1) is 11.6 Å². The zero-order valence-corrected chi connectivity index (χ0v) is 8.50. The molecule has 14 heavy (non-hydrogen) atoms. The first-order chi connectivity index (χ1) is 6.72. The maximum absolute atomic E-state index is 11.5. The lowest BCUT2D eigenvalue weighted by atomic mass is 9.98. The monoisotopic (exact) mass is 187 g/mol. The minimum absolute atomic E-state index is 0.145. The molecule has 0 aromatic heterocycles. The molecule has 0 fully saturated rings. The number of carbonyl (C=O) groups is 1. The first-order valence-corrected chi connectivity index (χ1v) is 4.79. The van der Waals surface area contributed by atoms with Gasteiger partial charge in [0, 0.05) is 12.0 Å². The second kappa shape index (κ2) is 4.57. The molecule has 1 rings (SSSR count). The van der Waals surface area contributed by atoms with E-state index in [1.54, 1.807) is 18.2 Å². The number of Topliss-reactive ketones (excluding diaryl/α,β-unsaturated/α-hetero) is 1. The number of hydrogen-bond acceptors (Lipinski definition) is 2. The van der Waals surface area contributed by atoms with Gasteiger partial charge in [-0.3, -0.25) is 4.79 Å². The van der Waals surface area contributed by atoms with Gasteiger partial charge in [-0.1, -0.05) is 13.8 Å². The molecule has 0 bridgehead atoms. The van der Waals surface area contributed by atoms with Crippen molar-refractivity contribution in [3.8, 4) is 6.07 Å². The predicted octanol–water partition coefficient (Wildman–Crippen LogP) is 2.71. The summed E-state index contributed by atoms with van der Waals surface area (Å²) in [5.74, 6) is 0.145. The van der Waals surface area contributed by atoms with E-state index in [0.29, 0.717) is 12.0 Å². The maximum atomic E-state index is 11.5. The lowest BCUT2D eigenvalue weighted by Crippen LogP contribution is -2.02. The highest BCUT2D eigenvalue weighted by Gasteiger charge is 2.08. The van der Waals surface area contributed by atoms with Gasteiger partial charge in [0.15, 0.2) is 5.78 Å². The Bertz CT molecular complexity index is 388. The second-order valence-electron chi connectivity index (χ2n) is 3.11. The largest absolute Gasteiger partial charge is 0.294 e. The number of aryl methyl sites for hydroxylation is 1. The van der Waals surface area contributed by atoms with Gasteiger partial charge >= 0.3 is 0 Å². The van der Waals surface area contributed by atoms with E-state index in [-0.39, 0.29) is 5.78 Å². The highest BCUT2D eigenvalue weighted by atomic mass is 16.1. The molecule has 0 atom stereocenters. The van der Waals surface area contributed by atoms with Crippen molar-refractivity contribution in [2.45, 2.75) is 26.7 Å². The normalized spacial score (nSPS) is 9.50. The Morgan fingerprint density at radius 3 is 2.64 bits per heavy atom. The molecule has 0 heterocycles. The Morgan fingerprint density at radius 2 is 2.14 bits per heavy atom. The molecule has 1 aromatic carbocycles. The van der Waals surface area contributed by atoms with Crippen molar-refractivity contribution < 1.29 is 4.79 Å². The van der Waals surface area contributed by atoms with Gasteiger partial charge in [0.1, 0.15) is 0 Å². The van der Waals surface area contributed by atoms with Gasteiger partial charge in [-0.2, -0.15) is 5.26 Å². The van der Waals surface area contributed by atoms with E-state index in [2.05, 4.69) is 6.07 Å². The molecule has 0 radical (unpaired) electrons. The summed E-state index contributed by atoms with van der Waals surface area (Å²) < 4.78 is 0. The molecule has 0 amide bonds. The molecule has 0 spiro atoms. The first kappa shape index (κ1) is 10.5. The van der Waals surface area contributed by atoms with Crippen LogP contribution in [0.5, 0.6) is 0 Å². The van der Waals surface area contributed by atoms with Crippen molar-refractivity contribution in [1.29, 1.82) is 5.26 Å². The van der Waals surface area contributed by atoms with Crippen LogP contribution in [0.15, 0.2) is 18.2 Å². The second-order valence-corrected chi connectivity index (χ2v) is 3.11. The van der Waals surface area contributed by atoms with Gasteiger partial charge in [0.2, 0.25) is 0 Å². The van der Waals surface area contributed by atoms with E-state index < -0.39 is 0 Å². The van der Waals surface area contributed by atoms with E-state index in [1.165, 1.54) is 0 Å². The molecule has 0 aliphatic heterocycles. The van der Waals surface area contributed by atoms with Gasteiger partial charge in [-0.25, -0.2) is 0 Å². The Balaban J connectivity index is 3.19. The van der Waals surface area contributed by atoms with Crippen LogP contribution in [-0.2, 0) is 6.42 Å². The number of benzene rings is 1. The summed E-state index contributed by atoms with van der Waals surface area (Å²) in [4.78, 5) is 11.5. The molecule has 1 aromatic rings. The predicted molar refractivity (Wildman–Crippen MR) is 55.2 cm³/mol. The number of carbonyl (C=O) groups excluding carboxylic acids is 1. The van der Waals surface area contributed by atoms with Crippen molar-refractivity contribution in [2.75, 3.05) is 0 Å². The molecule has 0 aliphatic rings. The summed E-state index contributed by atoms with van der Waals surface area (Å²) in [6.07, 6.45) is 1.30. The summed E-state index contributed by atoms with van der Waals surface area (Å²) >= 11 is 0. The average Bonchev–Trinajstić information content (AvgIpc) is 2.27. The molecule has 72 valence electrons. The minimum Gasteiger partial charge on any atom is -0.294 e. The average molecular weight is 187 g/mol. The molecular formula is C12H13NO. The van der Waals surface area contributed by atoms with Crippen LogP contribution >= 0.6 is 0 Å². The lowest BCUT2D eigenvalue weighted by Gasteiger charge is -2.05. The van der Waals surface area contributed by atoms with Crippen molar-refractivity contribution in [2.24, 2.45) is 0 Å². The third kappa shape index (κ3) is 2.00. The SMILES string of the molecule is CCC(=O)c1ccc(C#N)cc1CC. The summed E-state index contributed by atoms with van der Waals surface area (Å²) in [6, 6.07) is 7.32. The highest BCUT2D eigenvalue weighted by molar-refractivity contribution is 5.97. The van der Waals surface area contributed by atoms with E-state index in [0.717, 1.165) is 17.5 Å². The Kier molecular flexibility index (Phi) is 3.41. The van der Waals surface area contributed by atoms with Crippen LogP contribution in [0.1, 0.15) is 41.8 Å². The summed E-state index contributed by atoms with van der Waals surface area (Å²) in [7, 11) is 0. The Labute approximate surface area is 84.2 Å². The number of hydrogen-bond donors (Lipinski definition) is 0. The van der Waals surface area contributed by atoms with Crippen LogP contribution < -0.4 is 0 Å². The van der Waals surface area contributed by atoms with Gasteiger partial charge in [0.25, 0.3) is 0 Å². The molecular weight excluding hydrogens is 174 g/mol. The fourth-order valence-electron chi connectivity index (χ4n) is 1.42. The van der Waals surface area contributed by atoms with E-state index in [4.69, 9.17) is 5.26 Å². The topological polar surface area (TPSA) is 40.9 Å². The van der Waals surface area contributed by atoms with E-state index in [9.17, 15) is 4.79 Å². The Hall–Kier alpha value is -1.62. The summed E-state index contributed by atoms with van der Waals surface area (Å²) in [5, 5.41) is 8.71. The van der Waals surface area contributed by atoms with Crippen LogP contribution in [0, 0.1) is 11.3 Å². The number of nitriles is 1. The third-order valence-corrected chi connectivity index (χ3v) is 2.24. The van der Waals surface area contributed by atoms with Crippen LogP contribution in [-0.4, -0.2) is 5.78 Å². The van der Waals surface area contributed by atoms with Gasteiger partial charge in [-0.05, 0) is 30.2 Å². The molecule has 0 saturated carbocycles. The van der Waals surface area contributed by atoms with Crippen LogP contribution in [0.4, 0.5) is 0 Å². The van der Waals surface area contributed by atoms with Crippen molar-refractivity contribution in [3.05, 3.63) is 34.9 Å². The zero-order valence-electron chi connectivity index (χ0n) is 8.50. The summed E-state index contributed by atoms with van der Waals surface area (Å²) in [6.45, 7) is 3.84. The number of rotatable bonds is 3. The standard InChI is InChI=1S/C12H13NO/c1-3-10-7-9(8-13)5-6-11(10)12(14)4-2/h5-7H,3-4H2,1-2H3. The van der Waals surface area contributed by atoms with Gasteiger partial charge < -0.3 is 0 Å². The van der Waals surface area contributed by atoms with Crippen LogP contribution in [0.2, 0.25) is 0 Å². The Morgan fingerprint density at radius 1 is 1.43 bits per heavy atom. The molecule has 0 N–H and O–H groups in total. The van der Waals surface area contributed by atoms with E-state index in [1.807, 2.05) is 13.8 Å². The van der Waals surface area contributed by atoms with E-state index >= 15 is 0 Å².